The molecule has 8 aromatic heterocycles. The van der Waals surface area contributed by atoms with Crippen molar-refractivity contribution in [1.82, 2.24) is 60.9 Å². The van der Waals surface area contributed by atoms with E-state index < -0.39 is 23.4 Å². The highest BCUT2D eigenvalue weighted by atomic mass is 35.5. The number of carbonyl (C=O) groups excluding carboxylic acids is 2. The van der Waals surface area contributed by atoms with E-state index in [0.29, 0.717) is 53.3 Å². The molecule has 0 radical (unpaired) electrons. The summed E-state index contributed by atoms with van der Waals surface area (Å²) in [4.78, 5) is 47.2. The van der Waals surface area contributed by atoms with Crippen LogP contribution < -0.4 is 10.6 Å². The number of amides is 2. The first kappa shape index (κ1) is 42.2. The molecule has 0 saturated carbocycles. The monoisotopic (exact) mass is 940 g/mol. The largest absolute Gasteiger partial charge is 0.417 e. The number of fused-ring (bicyclic) bond motifs is 4. The molecular weight excluding hydrogens is 916 g/mol. The van der Waals surface area contributed by atoms with Crippen LogP contribution in [-0.4, -0.2) is 62.1 Å². The number of nitrogens with one attached hydrogen (secondary N) is 4. The molecule has 22 heteroatoms. The number of pyridine rings is 4. The molecule has 0 bridgehead atoms. The molecule has 10 rings (SSSR count). The Balaban J connectivity index is 0.000000162. The molecule has 4 N–H and O–H groups in total. The van der Waals surface area contributed by atoms with E-state index in [1.807, 2.05) is 12.1 Å². The fourth-order valence-electron chi connectivity index (χ4n) is 6.60. The fourth-order valence-corrected chi connectivity index (χ4v) is 7.33. The van der Waals surface area contributed by atoms with E-state index in [1.54, 1.807) is 49.1 Å². The lowest BCUT2D eigenvalue weighted by atomic mass is 10.1. The molecule has 0 aliphatic rings. The van der Waals surface area contributed by atoms with Gasteiger partial charge in [0.2, 0.25) is 11.8 Å². The topological polar surface area (TPSA) is 219 Å². The van der Waals surface area contributed by atoms with Crippen molar-refractivity contribution in [3.8, 4) is 0 Å². The van der Waals surface area contributed by atoms with Gasteiger partial charge >= 0.3 is 23.6 Å². The van der Waals surface area contributed by atoms with Crippen LogP contribution in [0.15, 0.2) is 94.5 Å². The summed E-state index contributed by atoms with van der Waals surface area (Å²) in [6.45, 7) is 0.398. The average Bonchev–Trinajstić information content (AvgIpc) is 4.10. The zero-order valence-electron chi connectivity index (χ0n) is 32.4. The van der Waals surface area contributed by atoms with Crippen LogP contribution in [-0.2, 0) is 25.9 Å². The Labute approximate surface area is 377 Å². The van der Waals surface area contributed by atoms with Crippen molar-refractivity contribution in [2.75, 3.05) is 0 Å². The summed E-state index contributed by atoms with van der Waals surface area (Å²) in [5.41, 5.74) is 4.44. The highest BCUT2D eigenvalue weighted by molar-refractivity contribution is 6.35. The summed E-state index contributed by atoms with van der Waals surface area (Å²) in [7, 11) is 0. The number of aromatic amines is 2. The minimum absolute atomic E-state index is 0.145. The lowest BCUT2D eigenvalue weighted by Crippen LogP contribution is -2.23. The third-order valence-corrected chi connectivity index (χ3v) is 10.6. The SMILES string of the molecule is O=C(NCc1cnc2[nH]cc(Cl)c2c1)c1nnc(Cc2cc(F)c3ncc(Cl)cc3c2)o1.O=C(NCc1cnc2[nH]cc(Cl)c2c1)c1nnc(Cc2cc(F)c3ncc(Cl)cc3c2)o1. The number of halogens is 6. The maximum Gasteiger partial charge on any atom is 0.309 e. The lowest BCUT2D eigenvalue weighted by Gasteiger charge is -2.04. The molecule has 16 nitrogen and oxygen atoms in total. The predicted octanol–water partition coefficient (Wildman–Crippen LogP) is 8.92. The molecule has 0 saturated heterocycles. The Morgan fingerprint density at radius 1 is 0.547 bits per heavy atom. The predicted molar refractivity (Wildman–Crippen MR) is 232 cm³/mol. The second-order valence-electron chi connectivity index (χ2n) is 14.1. The van der Waals surface area contributed by atoms with Crippen LogP contribution in [0, 0.1) is 11.6 Å². The highest BCUT2D eigenvalue weighted by Gasteiger charge is 2.18. The van der Waals surface area contributed by atoms with E-state index in [-0.39, 0.29) is 60.5 Å². The molecule has 2 amide bonds. The molecule has 0 aliphatic heterocycles. The first-order chi connectivity index (χ1) is 30.9. The summed E-state index contributed by atoms with van der Waals surface area (Å²) < 4.78 is 39.6. The van der Waals surface area contributed by atoms with Gasteiger partial charge in [0, 0.05) is 71.8 Å². The maximum atomic E-state index is 14.3. The quantitative estimate of drug-likeness (QED) is 0.101. The van der Waals surface area contributed by atoms with Gasteiger partial charge in [0.1, 0.15) is 34.0 Å². The normalized spacial score (nSPS) is 11.3. The first-order valence-electron chi connectivity index (χ1n) is 18.8. The third-order valence-electron chi connectivity index (χ3n) is 9.54. The van der Waals surface area contributed by atoms with Gasteiger partial charge in [-0.05, 0) is 70.8 Å². The molecule has 0 aliphatic carbocycles. The standard InChI is InChI=1S/2C21H13Cl2FN6O2/c2*22-13-5-12-1-10(3-16(24)18(12)25-8-13)4-17-29-30-21(32-17)20(31)28-7-11-2-14-15(23)9-27-19(14)26-6-11/h2*1-3,5-6,8-9H,4,7H2,(H,26,27)(H,28,31). The minimum Gasteiger partial charge on any atom is -0.417 e. The molecule has 2 aromatic carbocycles. The second kappa shape index (κ2) is 17.9. The third kappa shape index (κ3) is 9.30. The number of H-pyrrole nitrogens is 2. The van der Waals surface area contributed by atoms with E-state index in [2.05, 4.69) is 60.9 Å². The van der Waals surface area contributed by atoms with Gasteiger partial charge in [-0.2, -0.15) is 0 Å². The van der Waals surface area contributed by atoms with Gasteiger partial charge in [0.25, 0.3) is 0 Å². The van der Waals surface area contributed by atoms with Crippen molar-refractivity contribution >= 4 is 102 Å². The zero-order chi connectivity index (χ0) is 44.5. The summed E-state index contributed by atoms with van der Waals surface area (Å²) in [5, 5.41) is 25.3. The van der Waals surface area contributed by atoms with Gasteiger partial charge in [0.05, 0.1) is 32.9 Å². The second-order valence-corrected chi connectivity index (χ2v) is 15.8. The van der Waals surface area contributed by atoms with Crippen LogP contribution in [0.4, 0.5) is 8.78 Å². The van der Waals surface area contributed by atoms with Crippen molar-refractivity contribution < 1.29 is 27.2 Å². The molecule has 320 valence electrons. The molecule has 64 heavy (non-hydrogen) atoms. The Kier molecular flexibility index (Phi) is 11.8. The van der Waals surface area contributed by atoms with E-state index in [9.17, 15) is 18.4 Å². The Morgan fingerprint density at radius 2 is 0.984 bits per heavy atom. The van der Waals surface area contributed by atoms with E-state index >= 15 is 0 Å². The van der Waals surface area contributed by atoms with Crippen LogP contribution in [0.25, 0.3) is 43.9 Å². The first-order valence-corrected chi connectivity index (χ1v) is 20.3. The minimum atomic E-state index is -0.537. The smallest absolute Gasteiger partial charge is 0.309 e. The van der Waals surface area contributed by atoms with Crippen LogP contribution in [0.2, 0.25) is 20.1 Å². The zero-order valence-corrected chi connectivity index (χ0v) is 35.4. The number of hydrogen-bond acceptors (Lipinski definition) is 12. The van der Waals surface area contributed by atoms with Gasteiger partial charge in [0.15, 0.2) is 0 Å². The van der Waals surface area contributed by atoms with Crippen molar-refractivity contribution in [3.05, 3.63) is 163 Å². The Bertz CT molecular complexity index is 3190. The van der Waals surface area contributed by atoms with Gasteiger partial charge in [-0.1, -0.05) is 46.4 Å². The number of hydrogen-bond donors (Lipinski definition) is 4. The number of carbonyl (C=O) groups is 2. The summed E-state index contributed by atoms with van der Waals surface area (Å²) in [5.74, 6) is -2.09. The van der Waals surface area contributed by atoms with Gasteiger partial charge in [-0.3, -0.25) is 19.6 Å². The van der Waals surface area contributed by atoms with E-state index in [0.717, 1.165) is 21.9 Å². The lowest BCUT2D eigenvalue weighted by molar-refractivity contribution is 0.0907. The van der Waals surface area contributed by atoms with Crippen LogP contribution in [0.5, 0.6) is 0 Å². The van der Waals surface area contributed by atoms with Crippen LogP contribution in [0.3, 0.4) is 0 Å². The molecule has 0 spiro atoms. The van der Waals surface area contributed by atoms with Crippen molar-refractivity contribution in [3.63, 3.8) is 0 Å². The van der Waals surface area contributed by atoms with Crippen molar-refractivity contribution in [2.45, 2.75) is 25.9 Å². The molecule has 8 heterocycles. The Morgan fingerprint density at radius 3 is 1.42 bits per heavy atom. The fraction of sp³-hybridized carbons (Fsp3) is 0.0952. The summed E-state index contributed by atoms with van der Waals surface area (Å²) in [6, 6.07) is 13.0. The highest BCUT2D eigenvalue weighted by Crippen LogP contribution is 2.26. The van der Waals surface area contributed by atoms with Crippen LogP contribution in [0.1, 0.15) is 55.4 Å². The van der Waals surface area contributed by atoms with Crippen molar-refractivity contribution in [1.29, 1.82) is 0 Å². The maximum absolute atomic E-state index is 14.3. The molecular formula is C42H26Cl4F2N12O4. The number of aromatic nitrogens is 10. The Hall–Kier alpha value is -7.12. The molecule has 0 unspecified atom stereocenters. The van der Waals surface area contributed by atoms with Gasteiger partial charge < -0.3 is 29.4 Å². The number of rotatable bonds is 10. The molecule has 0 atom stereocenters. The van der Waals surface area contributed by atoms with Gasteiger partial charge in [-0.25, -0.2) is 18.7 Å². The number of nitrogens with zero attached hydrogens (tertiary/aromatic N) is 8. The van der Waals surface area contributed by atoms with E-state index in [4.69, 9.17) is 55.2 Å². The summed E-state index contributed by atoms with van der Waals surface area (Å²) in [6.07, 6.45) is 9.61. The van der Waals surface area contributed by atoms with E-state index in [1.165, 1.54) is 24.5 Å². The summed E-state index contributed by atoms with van der Waals surface area (Å²) >= 11 is 24.1. The van der Waals surface area contributed by atoms with Gasteiger partial charge in [-0.15, -0.1) is 20.4 Å². The van der Waals surface area contributed by atoms with Crippen molar-refractivity contribution in [2.24, 2.45) is 0 Å². The number of benzene rings is 2. The molecule has 10 aromatic rings. The van der Waals surface area contributed by atoms with Crippen LogP contribution >= 0.6 is 46.4 Å². The average molecular weight is 943 g/mol. The molecule has 0 fully saturated rings.